The smallest absolute Gasteiger partial charge is 0.226 e. The summed E-state index contributed by atoms with van der Waals surface area (Å²) in [4.78, 5) is 21.3. The Morgan fingerprint density at radius 3 is 2.70 bits per heavy atom. The van der Waals surface area contributed by atoms with E-state index in [-0.39, 0.29) is 5.91 Å². The summed E-state index contributed by atoms with van der Waals surface area (Å²) in [5, 5.41) is 6.34. The molecule has 0 unspecified atom stereocenters. The Balaban J connectivity index is 1.51. The highest BCUT2D eigenvalue weighted by Gasteiger charge is 2.14. The number of carbonyl (C=O) groups is 1. The molecule has 2 aromatic carbocycles. The van der Waals surface area contributed by atoms with Gasteiger partial charge in [0.1, 0.15) is 17.3 Å². The number of nitrogens with zero attached hydrogens (tertiary/aromatic N) is 3. The summed E-state index contributed by atoms with van der Waals surface area (Å²) in [5.41, 5.74) is 4.35. The van der Waals surface area contributed by atoms with Gasteiger partial charge in [-0.1, -0.05) is 18.2 Å². The average Bonchev–Trinajstić information content (AvgIpc) is 3.14. The van der Waals surface area contributed by atoms with Crippen molar-refractivity contribution in [3.63, 3.8) is 0 Å². The van der Waals surface area contributed by atoms with Gasteiger partial charge in [0.05, 0.1) is 13.3 Å². The monoisotopic (exact) mass is 401 g/mol. The summed E-state index contributed by atoms with van der Waals surface area (Å²) < 4.78 is 7.18. The van der Waals surface area contributed by atoms with Gasteiger partial charge in [0.25, 0.3) is 0 Å². The number of fused-ring (bicyclic) bond motifs is 1. The number of aromatic nitrogens is 3. The highest BCUT2D eigenvalue weighted by Crippen LogP contribution is 2.29. The Kier molecular flexibility index (Phi) is 5.61. The fraction of sp³-hybridized carbons (Fsp3) is 0.174. The van der Waals surface area contributed by atoms with Gasteiger partial charge in [0.2, 0.25) is 5.91 Å². The Morgan fingerprint density at radius 2 is 1.93 bits per heavy atom. The van der Waals surface area contributed by atoms with Gasteiger partial charge in [0.15, 0.2) is 5.65 Å². The van der Waals surface area contributed by atoms with Crippen LogP contribution in [-0.2, 0) is 4.79 Å². The van der Waals surface area contributed by atoms with Crippen LogP contribution in [0.15, 0.2) is 67.1 Å². The molecule has 0 aliphatic heterocycles. The van der Waals surface area contributed by atoms with E-state index in [2.05, 4.69) is 15.6 Å². The predicted octanol–water partition coefficient (Wildman–Crippen LogP) is 4.15. The lowest BCUT2D eigenvalue weighted by Gasteiger charge is -2.11. The number of methoxy groups -OCH3 is 1. The van der Waals surface area contributed by atoms with E-state index >= 15 is 0 Å². The molecular formula is C23H23N5O2. The topological polar surface area (TPSA) is 80.6 Å². The zero-order valence-electron chi connectivity index (χ0n) is 16.9. The van der Waals surface area contributed by atoms with E-state index in [1.807, 2.05) is 66.1 Å². The molecule has 2 N–H and O–H groups in total. The van der Waals surface area contributed by atoms with E-state index in [0.29, 0.717) is 13.0 Å². The molecule has 0 saturated heterocycles. The molecule has 4 rings (SSSR count). The van der Waals surface area contributed by atoms with Gasteiger partial charge in [-0.2, -0.15) is 0 Å². The number of ether oxygens (including phenoxy) is 1. The Hall–Kier alpha value is -3.87. The number of carbonyl (C=O) groups excluding carboxylic acids is 1. The van der Waals surface area contributed by atoms with Gasteiger partial charge in [-0.3, -0.25) is 14.2 Å². The molecular weight excluding hydrogens is 378 g/mol. The minimum absolute atomic E-state index is 0.0433. The number of nitrogens with one attached hydrogen (secondary N) is 2. The van der Waals surface area contributed by atoms with Crippen LogP contribution in [0.4, 0.5) is 11.5 Å². The molecule has 0 radical (unpaired) electrons. The van der Waals surface area contributed by atoms with E-state index in [0.717, 1.165) is 39.7 Å². The third-order valence-electron chi connectivity index (χ3n) is 4.86. The molecule has 0 bridgehead atoms. The second kappa shape index (κ2) is 8.65. The number of rotatable bonds is 7. The number of aryl methyl sites for hydroxylation is 1. The molecule has 0 fully saturated rings. The van der Waals surface area contributed by atoms with Crippen molar-refractivity contribution in [2.24, 2.45) is 0 Å². The zero-order chi connectivity index (χ0) is 20.9. The minimum Gasteiger partial charge on any atom is -0.497 e. The van der Waals surface area contributed by atoms with Crippen LogP contribution in [0.2, 0.25) is 0 Å². The van der Waals surface area contributed by atoms with E-state index in [9.17, 15) is 4.79 Å². The van der Waals surface area contributed by atoms with E-state index in [4.69, 9.17) is 9.72 Å². The molecule has 2 aromatic heterocycles. The van der Waals surface area contributed by atoms with Crippen molar-refractivity contribution >= 4 is 23.1 Å². The minimum atomic E-state index is -0.0433. The van der Waals surface area contributed by atoms with Gasteiger partial charge in [-0.05, 0) is 42.8 Å². The molecule has 0 aliphatic rings. The highest BCUT2D eigenvalue weighted by molar-refractivity contribution is 5.91. The fourth-order valence-electron chi connectivity index (χ4n) is 3.25. The van der Waals surface area contributed by atoms with Crippen molar-refractivity contribution < 1.29 is 9.53 Å². The van der Waals surface area contributed by atoms with Crippen molar-refractivity contribution in [2.75, 3.05) is 24.3 Å². The molecule has 152 valence electrons. The van der Waals surface area contributed by atoms with Gasteiger partial charge < -0.3 is 15.4 Å². The first kappa shape index (κ1) is 19.4. The summed E-state index contributed by atoms with van der Waals surface area (Å²) in [6.07, 6.45) is 5.60. The van der Waals surface area contributed by atoms with Crippen LogP contribution in [-0.4, -0.2) is 33.9 Å². The zero-order valence-corrected chi connectivity index (χ0v) is 16.9. The predicted molar refractivity (Wildman–Crippen MR) is 118 cm³/mol. The second-order valence-corrected chi connectivity index (χ2v) is 6.88. The SMILES string of the molecule is COc1ccc(-c2nc3cnccn3c2NCCC(=O)Nc2ccccc2C)cc1. The largest absolute Gasteiger partial charge is 0.497 e. The van der Waals surface area contributed by atoms with Gasteiger partial charge in [0, 0.05) is 36.6 Å². The Morgan fingerprint density at radius 1 is 1.13 bits per heavy atom. The summed E-state index contributed by atoms with van der Waals surface area (Å²) in [5.74, 6) is 1.56. The summed E-state index contributed by atoms with van der Waals surface area (Å²) in [6.45, 7) is 2.44. The van der Waals surface area contributed by atoms with Gasteiger partial charge in [-0.25, -0.2) is 4.98 Å². The third-order valence-corrected chi connectivity index (χ3v) is 4.86. The lowest BCUT2D eigenvalue weighted by molar-refractivity contribution is -0.115. The molecule has 2 heterocycles. The first-order valence-electron chi connectivity index (χ1n) is 9.71. The van der Waals surface area contributed by atoms with Gasteiger partial charge >= 0.3 is 0 Å². The molecule has 30 heavy (non-hydrogen) atoms. The van der Waals surface area contributed by atoms with Crippen molar-refractivity contribution in [1.29, 1.82) is 0 Å². The van der Waals surface area contributed by atoms with Gasteiger partial charge in [-0.15, -0.1) is 0 Å². The second-order valence-electron chi connectivity index (χ2n) is 6.88. The number of hydrogen-bond acceptors (Lipinski definition) is 5. The third kappa shape index (κ3) is 4.10. The molecule has 0 spiro atoms. The lowest BCUT2D eigenvalue weighted by Crippen LogP contribution is -2.17. The van der Waals surface area contributed by atoms with Crippen molar-refractivity contribution in [1.82, 2.24) is 14.4 Å². The lowest BCUT2D eigenvalue weighted by atomic mass is 10.1. The number of anilines is 2. The molecule has 0 atom stereocenters. The molecule has 7 heteroatoms. The van der Waals surface area contributed by atoms with Crippen molar-refractivity contribution in [3.8, 4) is 17.0 Å². The van der Waals surface area contributed by atoms with Crippen LogP contribution < -0.4 is 15.4 Å². The van der Waals surface area contributed by atoms with Crippen LogP contribution in [0.3, 0.4) is 0 Å². The van der Waals surface area contributed by atoms with Crippen LogP contribution >= 0.6 is 0 Å². The maximum absolute atomic E-state index is 12.4. The highest BCUT2D eigenvalue weighted by atomic mass is 16.5. The standard InChI is InChI=1S/C23H23N5O2/c1-16-5-3-4-6-19(16)26-21(29)11-12-25-23-22(17-7-9-18(30-2)10-8-17)27-20-15-24-13-14-28(20)23/h3-10,13-15,25H,11-12H2,1-2H3,(H,26,29). The number of imidazole rings is 1. The van der Waals surface area contributed by atoms with Crippen LogP contribution in [0.1, 0.15) is 12.0 Å². The van der Waals surface area contributed by atoms with Crippen LogP contribution in [0.5, 0.6) is 5.75 Å². The number of hydrogen-bond donors (Lipinski definition) is 2. The maximum atomic E-state index is 12.4. The number of para-hydroxylation sites is 1. The Bertz CT molecular complexity index is 1170. The van der Waals surface area contributed by atoms with E-state index in [1.54, 1.807) is 19.5 Å². The molecule has 1 amide bonds. The maximum Gasteiger partial charge on any atom is 0.226 e. The first-order chi connectivity index (χ1) is 14.7. The average molecular weight is 401 g/mol. The van der Waals surface area contributed by atoms with Crippen molar-refractivity contribution in [3.05, 3.63) is 72.7 Å². The fourth-order valence-corrected chi connectivity index (χ4v) is 3.25. The first-order valence-corrected chi connectivity index (χ1v) is 9.71. The van der Waals surface area contributed by atoms with E-state index in [1.165, 1.54) is 0 Å². The molecule has 4 aromatic rings. The number of benzene rings is 2. The van der Waals surface area contributed by atoms with Crippen molar-refractivity contribution in [2.45, 2.75) is 13.3 Å². The molecule has 0 saturated carbocycles. The Labute approximate surface area is 174 Å². The normalized spacial score (nSPS) is 10.7. The van der Waals surface area contributed by atoms with E-state index < -0.39 is 0 Å². The molecule has 0 aliphatic carbocycles. The summed E-state index contributed by atoms with van der Waals surface area (Å²) >= 11 is 0. The van der Waals surface area contributed by atoms with Crippen LogP contribution in [0, 0.1) is 6.92 Å². The quantitative estimate of drug-likeness (QED) is 0.486. The summed E-state index contributed by atoms with van der Waals surface area (Å²) in [6, 6.07) is 15.5. The molecule has 7 nitrogen and oxygen atoms in total. The van der Waals surface area contributed by atoms with Crippen LogP contribution in [0.25, 0.3) is 16.9 Å². The number of amides is 1. The summed E-state index contributed by atoms with van der Waals surface area (Å²) in [7, 11) is 1.64.